The van der Waals surface area contributed by atoms with Crippen molar-refractivity contribution in [3.05, 3.63) is 59.7 Å². The van der Waals surface area contributed by atoms with E-state index < -0.39 is 0 Å². The third kappa shape index (κ3) is 4.96. The van der Waals surface area contributed by atoms with E-state index >= 15 is 0 Å². The van der Waals surface area contributed by atoms with Crippen molar-refractivity contribution in [2.45, 2.75) is 6.92 Å². The molecule has 0 aromatic heterocycles. The lowest BCUT2D eigenvalue weighted by Gasteiger charge is -2.04. The Labute approximate surface area is 134 Å². The van der Waals surface area contributed by atoms with Crippen LogP contribution in [0.5, 0.6) is 5.75 Å². The number of hydrogen-bond acceptors (Lipinski definition) is 4. The van der Waals surface area contributed by atoms with Gasteiger partial charge in [0.2, 0.25) is 5.91 Å². The molecular weight excluding hydrogens is 294 g/mol. The Hall–Kier alpha value is -3.15. The Balaban J connectivity index is 2.01. The topological polar surface area (TPSA) is 79.8 Å². The van der Waals surface area contributed by atoms with Gasteiger partial charge in [-0.1, -0.05) is 18.2 Å². The van der Waals surface area contributed by atoms with Crippen LogP contribution in [0.1, 0.15) is 22.8 Å². The highest BCUT2D eigenvalue weighted by atomic mass is 16.5. The number of benzene rings is 2. The fraction of sp³-hybridized carbons (Fsp3) is 0.118. The molecule has 2 rings (SSSR count). The van der Waals surface area contributed by atoms with Gasteiger partial charge in [0.05, 0.1) is 13.3 Å². The monoisotopic (exact) mass is 311 g/mol. The smallest absolute Gasteiger partial charge is 0.271 e. The van der Waals surface area contributed by atoms with Crippen LogP contribution in [0.15, 0.2) is 53.6 Å². The molecule has 6 nitrogen and oxygen atoms in total. The molecule has 2 aromatic rings. The quantitative estimate of drug-likeness (QED) is 0.657. The number of amides is 2. The van der Waals surface area contributed by atoms with E-state index in [-0.39, 0.29) is 11.8 Å². The highest BCUT2D eigenvalue weighted by Crippen LogP contribution is 2.11. The van der Waals surface area contributed by atoms with Crippen molar-refractivity contribution in [3.8, 4) is 5.75 Å². The zero-order valence-electron chi connectivity index (χ0n) is 12.9. The average molecular weight is 311 g/mol. The van der Waals surface area contributed by atoms with Crippen molar-refractivity contribution in [2.24, 2.45) is 5.10 Å². The number of methoxy groups -OCH3 is 1. The molecule has 0 aliphatic carbocycles. The van der Waals surface area contributed by atoms with Crippen LogP contribution in [0, 0.1) is 0 Å². The Morgan fingerprint density at radius 2 is 1.91 bits per heavy atom. The lowest BCUT2D eigenvalue weighted by Crippen LogP contribution is -2.18. The third-order valence-electron chi connectivity index (χ3n) is 2.92. The zero-order chi connectivity index (χ0) is 16.7. The molecule has 23 heavy (non-hydrogen) atoms. The number of carbonyl (C=O) groups excluding carboxylic acids is 2. The van der Waals surface area contributed by atoms with E-state index in [0.29, 0.717) is 17.0 Å². The second kappa shape index (κ2) is 7.74. The lowest BCUT2D eigenvalue weighted by atomic mass is 10.2. The van der Waals surface area contributed by atoms with Gasteiger partial charge in [-0.15, -0.1) is 0 Å². The van der Waals surface area contributed by atoms with Crippen LogP contribution in [-0.4, -0.2) is 25.1 Å². The minimum Gasteiger partial charge on any atom is -0.497 e. The Morgan fingerprint density at radius 3 is 2.65 bits per heavy atom. The van der Waals surface area contributed by atoms with Crippen LogP contribution in [-0.2, 0) is 4.79 Å². The van der Waals surface area contributed by atoms with Gasteiger partial charge in [-0.05, 0) is 35.9 Å². The molecule has 0 spiro atoms. The standard InChI is InChI=1S/C17H17N3O3/c1-12(21)19-15-7-4-6-14(10-15)17(22)20-18-11-13-5-3-8-16(9-13)23-2/h3-11H,1-2H3,(H,19,21)(H,20,22)/b18-11-. The van der Waals surface area contributed by atoms with Gasteiger partial charge in [0.1, 0.15) is 5.75 Å². The average Bonchev–Trinajstić information content (AvgIpc) is 2.54. The first-order valence-electron chi connectivity index (χ1n) is 6.93. The highest BCUT2D eigenvalue weighted by Gasteiger charge is 2.05. The van der Waals surface area contributed by atoms with E-state index in [1.165, 1.54) is 13.1 Å². The molecule has 0 unspecified atom stereocenters. The molecule has 2 amide bonds. The summed E-state index contributed by atoms with van der Waals surface area (Å²) in [4.78, 5) is 23.1. The molecule has 0 fully saturated rings. The van der Waals surface area contributed by atoms with Crippen molar-refractivity contribution in [2.75, 3.05) is 12.4 Å². The first kappa shape index (κ1) is 16.2. The maximum Gasteiger partial charge on any atom is 0.271 e. The molecule has 0 aliphatic rings. The van der Waals surface area contributed by atoms with E-state index in [0.717, 1.165) is 5.56 Å². The van der Waals surface area contributed by atoms with Gasteiger partial charge < -0.3 is 10.1 Å². The van der Waals surface area contributed by atoms with Gasteiger partial charge in [0, 0.05) is 18.2 Å². The number of carbonyl (C=O) groups is 2. The number of hydrogen-bond donors (Lipinski definition) is 2. The van der Waals surface area contributed by atoms with Crippen LogP contribution < -0.4 is 15.5 Å². The second-order valence-corrected chi connectivity index (χ2v) is 4.74. The molecule has 0 saturated heterocycles. The van der Waals surface area contributed by atoms with E-state index in [4.69, 9.17) is 4.74 Å². The van der Waals surface area contributed by atoms with E-state index in [2.05, 4.69) is 15.8 Å². The summed E-state index contributed by atoms with van der Waals surface area (Å²) in [5.41, 5.74) is 4.20. The molecule has 0 atom stereocenters. The maximum absolute atomic E-state index is 12.0. The van der Waals surface area contributed by atoms with Gasteiger partial charge in [-0.25, -0.2) is 5.43 Å². The Bertz CT molecular complexity index is 741. The van der Waals surface area contributed by atoms with E-state index in [9.17, 15) is 9.59 Å². The predicted octanol–water partition coefficient (Wildman–Crippen LogP) is 2.42. The summed E-state index contributed by atoms with van der Waals surface area (Å²) in [5, 5.41) is 6.54. The van der Waals surface area contributed by atoms with Crippen LogP contribution in [0.3, 0.4) is 0 Å². The van der Waals surface area contributed by atoms with Gasteiger partial charge in [0.15, 0.2) is 0 Å². The first-order chi connectivity index (χ1) is 11.1. The Morgan fingerprint density at radius 1 is 1.13 bits per heavy atom. The fourth-order valence-electron chi connectivity index (χ4n) is 1.89. The number of nitrogens with one attached hydrogen (secondary N) is 2. The number of nitrogens with zero attached hydrogens (tertiary/aromatic N) is 1. The second-order valence-electron chi connectivity index (χ2n) is 4.74. The van der Waals surface area contributed by atoms with Gasteiger partial charge >= 0.3 is 0 Å². The molecule has 0 radical (unpaired) electrons. The molecule has 2 N–H and O–H groups in total. The molecule has 0 bridgehead atoms. The van der Waals surface area contributed by atoms with Crippen molar-refractivity contribution >= 4 is 23.7 Å². The molecule has 6 heteroatoms. The number of ether oxygens (including phenoxy) is 1. The highest BCUT2D eigenvalue weighted by molar-refractivity contribution is 5.97. The minimum atomic E-state index is -0.364. The van der Waals surface area contributed by atoms with Crippen molar-refractivity contribution in [1.29, 1.82) is 0 Å². The Kier molecular flexibility index (Phi) is 5.46. The SMILES string of the molecule is COc1cccc(/C=N\NC(=O)c2cccc(NC(C)=O)c2)c1. The summed E-state index contributed by atoms with van der Waals surface area (Å²) in [7, 11) is 1.58. The molecule has 0 heterocycles. The van der Waals surface area contributed by atoms with Crippen molar-refractivity contribution in [3.63, 3.8) is 0 Å². The zero-order valence-corrected chi connectivity index (χ0v) is 12.9. The molecule has 118 valence electrons. The number of hydrazone groups is 1. The van der Waals surface area contributed by atoms with Gasteiger partial charge in [-0.2, -0.15) is 5.10 Å². The maximum atomic E-state index is 12.0. The molecular formula is C17H17N3O3. The normalized spacial score (nSPS) is 10.3. The predicted molar refractivity (Wildman–Crippen MR) is 88.8 cm³/mol. The molecule has 0 aliphatic heterocycles. The number of anilines is 1. The largest absolute Gasteiger partial charge is 0.497 e. The minimum absolute atomic E-state index is 0.196. The summed E-state index contributed by atoms with van der Waals surface area (Å²) < 4.78 is 5.11. The summed E-state index contributed by atoms with van der Waals surface area (Å²) >= 11 is 0. The summed E-state index contributed by atoms with van der Waals surface area (Å²) in [6.45, 7) is 1.41. The van der Waals surface area contributed by atoms with Crippen LogP contribution in [0.4, 0.5) is 5.69 Å². The van der Waals surface area contributed by atoms with Crippen LogP contribution in [0.2, 0.25) is 0 Å². The van der Waals surface area contributed by atoms with Gasteiger partial charge in [0.25, 0.3) is 5.91 Å². The van der Waals surface area contributed by atoms with Crippen molar-refractivity contribution < 1.29 is 14.3 Å². The van der Waals surface area contributed by atoms with Crippen molar-refractivity contribution in [1.82, 2.24) is 5.43 Å². The summed E-state index contributed by atoms with van der Waals surface area (Å²) in [5.74, 6) is 0.151. The summed E-state index contributed by atoms with van der Waals surface area (Å²) in [6.07, 6.45) is 1.53. The fourth-order valence-corrected chi connectivity index (χ4v) is 1.89. The molecule has 0 saturated carbocycles. The van der Waals surface area contributed by atoms with Gasteiger partial charge in [-0.3, -0.25) is 9.59 Å². The van der Waals surface area contributed by atoms with Crippen LogP contribution >= 0.6 is 0 Å². The van der Waals surface area contributed by atoms with E-state index in [1.54, 1.807) is 37.4 Å². The molecule has 2 aromatic carbocycles. The van der Waals surface area contributed by atoms with E-state index in [1.807, 2.05) is 18.2 Å². The van der Waals surface area contributed by atoms with Crippen LogP contribution in [0.25, 0.3) is 0 Å². The third-order valence-corrected chi connectivity index (χ3v) is 2.92. The summed E-state index contributed by atoms with van der Waals surface area (Å²) in [6, 6.07) is 13.9. The lowest BCUT2D eigenvalue weighted by molar-refractivity contribution is -0.114. The number of rotatable bonds is 5. The first-order valence-corrected chi connectivity index (χ1v) is 6.93.